The van der Waals surface area contributed by atoms with Crippen LogP contribution in [0.3, 0.4) is 0 Å². The van der Waals surface area contributed by atoms with E-state index in [2.05, 4.69) is 25.2 Å². The van der Waals surface area contributed by atoms with Crippen LogP contribution in [-0.2, 0) is 20.0 Å². The quantitative estimate of drug-likeness (QED) is 0.741. The highest BCUT2D eigenvalue weighted by atomic mass is 16.5. The third-order valence-corrected chi connectivity index (χ3v) is 4.79. The molecule has 0 radical (unpaired) electrons. The monoisotopic (exact) mass is 354 g/mol. The summed E-state index contributed by atoms with van der Waals surface area (Å²) in [6.45, 7) is 1.97. The van der Waals surface area contributed by atoms with Gasteiger partial charge in [-0.15, -0.1) is 10.2 Å². The minimum Gasteiger partial charge on any atom is -0.388 e. The van der Waals surface area contributed by atoms with Crippen molar-refractivity contribution in [2.24, 2.45) is 7.05 Å². The van der Waals surface area contributed by atoms with Crippen LogP contribution in [0.2, 0.25) is 0 Å². The maximum atomic E-state index is 11.0. The highest BCUT2D eigenvalue weighted by Crippen LogP contribution is 2.26. The molecular formula is C18H22N6O2. The van der Waals surface area contributed by atoms with E-state index in [0.29, 0.717) is 31.2 Å². The molecule has 8 heteroatoms. The van der Waals surface area contributed by atoms with Crippen molar-refractivity contribution in [2.45, 2.75) is 31.4 Å². The third kappa shape index (κ3) is 3.66. The molecular weight excluding hydrogens is 332 g/mol. The standard InChI is InChI=1S/C18H22N6O2/c1-23-13-19-21-15(23)10-18(25)8-5-9-24(12-18)11-16-20-17(22-26-16)14-6-3-2-4-7-14/h2-4,6-7,13,25H,5,8-12H2,1H3. The summed E-state index contributed by atoms with van der Waals surface area (Å²) in [5.74, 6) is 1.94. The Bertz CT molecular complexity index is 861. The molecule has 1 atom stereocenters. The maximum Gasteiger partial charge on any atom is 0.241 e. The average Bonchev–Trinajstić information content (AvgIpc) is 3.25. The lowest BCUT2D eigenvalue weighted by molar-refractivity contribution is -0.0367. The Hall–Kier alpha value is -2.58. The number of likely N-dealkylation sites (tertiary alicyclic amines) is 1. The molecule has 1 N–H and O–H groups in total. The Balaban J connectivity index is 1.42. The van der Waals surface area contributed by atoms with Crippen LogP contribution in [0.4, 0.5) is 0 Å². The van der Waals surface area contributed by atoms with Gasteiger partial charge in [-0.1, -0.05) is 35.5 Å². The fourth-order valence-electron chi connectivity index (χ4n) is 3.46. The van der Waals surface area contributed by atoms with Crippen LogP contribution in [0.25, 0.3) is 11.4 Å². The fourth-order valence-corrected chi connectivity index (χ4v) is 3.46. The number of piperidine rings is 1. The van der Waals surface area contributed by atoms with Crippen LogP contribution in [0, 0.1) is 0 Å². The van der Waals surface area contributed by atoms with Crippen LogP contribution in [0.15, 0.2) is 41.2 Å². The van der Waals surface area contributed by atoms with Gasteiger partial charge in [0.05, 0.1) is 12.1 Å². The van der Waals surface area contributed by atoms with Crippen molar-refractivity contribution in [1.82, 2.24) is 29.8 Å². The van der Waals surface area contributed by atoms with Crippen molar-refractivity contribution >= 4 is 0 Å². The largest absolute Gasteiger partial charge is 0.388 e. The lowest BCUT2D eigenvalue weighted by atomic mass is 9.89. The molecule has 1 unspecified atom stereocenters. The molecule has 1 fully saturated rings. The van der Waals surface area contributed by atoms with E-state index in [1.807, 2.05) is 41.9 Å². The smallest absolute Gasteiger partial charge is 0.241 e. The van der Waals surface area contributed by atoms with Crippen LogP contribution < -0.4 is 0 Å². The predicted octanol–water partition coefficient (Wildman–Crippen LogP) is 1.43. The van der Waals surface area contributed by atoms with Crippen LogP contribution in [-0.4, -0.2) is 53.6 Å². The summed E-state index contributed by atoms with van der Waals surface area (Å²) >= 11 is 0. The summed E-state index contributed by atoms with van der Waals surface area (Å²) in [6.07, 6.45) is 3.80. The number of hydrogen-bond acceptors (Lipinski definition) is 7. The molecule has 1 aliphatic heterocycles. The van der Waals surface area contributed by atoms with Gasteiger partial charge in [0.15, 0.2) is 0 Å². The van der Waals surface area contributed by atoms with E-state index in [1.165, 1.54) is 0 Å². The van der Waals surface area contributed by atoms with Gasteiger partial charge in [-0.25, -0.2) is 0 Å². The summed E-state index contributed by atoms with van der Waals surface area (Å²) in [6, 6.07) is 9.76. The zero-order valence-electron chi connectivity index (χ0n) is 14.7. The Morgan fingerprint density at radius 3 is 2.88 bits per heavy atom. The molecule has 4 rings (SSSR count). The second kappa shape index (κ2) is 6.97. The SMILES string of the molecule is Cn1cnnc1CC1(O)CCCN(Cc2nc(-c3ccccc3)no2)C1. The molecule has 0 aliphatic carbocycles. The number of benzene rings is 1. The van der Waals surface area contributed by atoms with E-state index in [-0.39, 0.29) is 0 Å². The number of hydrogen-bond donors (Lipinski definition) is 1. The van der Waals surface area contributed by atoms with Crippen LogP contribution in [0.5, 0.6) is 0 Å². The summed E-state index contributed by atoms with van der Waals surface area (Å²) < 4.78 is 7.25. The number of aliphatic hydroxyl groups is 1. The maximum absolute atomic E-state index is 11.0. The van der Waals surface area contributed by atoms with E-state index >= 15 is 0 Å². The minimum absolute atomic E-state index is 0.485. The van der Waals surface area contributed by atoms with Gasteiger partial charge >= 0.3 is 0 Å². The first-order chi connectivity index (χ1) is 12.6. The van der Waals surface area contributed by atoms with Crippen molar-refractivity contribution in [3.8, 4) is 11.4 Å². The topological polar surface area (TPSA) is 93.1 Å². The highest BCUT2D eigenvalue weighted by molar-refractivity contribution is 5.53. The third-order valence-electron chi connectivity index (χ3n) is 4.79. The van der Waals surface area contributed by atoms with Crippen molar-refractivity contribution in [3.05, 3.63) is 48.4 Å². The second-order valence-corrected chi connectivity index (χ2v) is 6.95. The summed E-state index contributed by atoms with van der Waals surface area (Å²) in [5, 5.41) is 23.1. The first-order valence-corrected chi connectivity index (χ1v) is 8.77. The molecule has 2 aromatic heterocycles. The van der Waals surface area contributed by atoms with Crippen molar-refractivity contribution in [3.63, 3.8) is 0 Å². The van der Waals surface area contributed by atoms with Gasteiger partial charge in [-0.05, 0) is 19.4 Å². The normalized spacial score (nSPS) is 21.2. The van der Waals surface area contributed by atoms with E-state index < -0.39 is 5.60 Å². The van der Waals surface area contributed by atoms with Gasteiger partial charge in [0.25, 0.3) is 0 Å². The molecule has 8 nitrogen and oxygen atoms in total. The Morgan fingerprint density at radius 1 is 1.27 bits per heavy atom. The van der Waals surface area contributed by atoms with E-state index in [0.717, 1.165) is 30.8 Å². The summed E-state index contributed by atoms with van der Waals surface area (Å²) in [7, 11) is 1.89. The van der Waals surface area contributed by atoms with Gasteiger partial charge in [0.1, 0.15) is 12.2 Å². The van der Waals surface area contributed by atoms with Crippen molar-refractivity contribution < 1.29 is 9.63 Å². The molecule has 3 heterocycles. The Kier molecular flexibility index (Phi) is 4.52. The molecule has 0 bridgehead atoms. The number of rotatable bonds is 5. The summed E-state index contributed by atoms with van der Waals surface area (Å²) in [5.41, 5.74) is 0.112. The van der Waals surface area contributed by atoms with Gasteiger partial charge in [0.2, 0.25) is 11.7 Å². The molecule has 0 saturated carbocycles. The van der Waals surface area contributed by atoms with Crippen molar-refractivity contribution in [1.29, 1.82) is 0 Å². The van der Waals surface area contributed by atoms with Gasteiger partial charge in [-0.2, -0.15) is 4.98 Å². The number of aromatic nitrogens is 5. The number of aryl methyl sites for hydroxylation is 1. The lowest BCUT2D eigenvalue weighted by Gasteiger charge is -2.38. The Morgan fingerprint density at radius 2 is 2.12 bits per heavy atom. The molecule has 0 spiro atoms. The van der Waals surface area contributed by atoms with E-state index in [1.54, 1.807) is 6.33 Å². The molecule has 26 heavy (non-hydrogen) atoms. The molecule has 1 aromatic carbocycles. The van der Waals surface area contributed by atoms with Gasteiger partial charge in [0, 0.05) is 25.6 Å². The van der Waals surface area contributed by atoms with Crippen molar-refractivity contribution in [2.75, 3.05) is 13.1 Å². The summed E-state index contributed by atoms with van der Waals surface area (Å²) in [4.78, 5) is 6.64. The van der Waals surface area contributed by atoms with Gasteiger partial charge < -0.3 is 14.2 Å². The minimum atomic E-state index is -0.818. The lowest BCUT2D eigenvalue weighted by Crippen LogP contribution is -2.49. The van der Waals surface area contributed by atoms with E-state index in [4.69, 9.17) is 4.52 Å². The molecule has 1 saturated heterocycles. The molecule has 1 aliphatic rings. The first-order valence-electron chi connectivity index (χ1n) is 8.77. The fraction of sp³-hybridized carbons (Fsp3) is 0.444. The molecule has 3 aromatic rings. The van der Waals surface area contributed by atoms with E-state index in [9.17, 15) is 5.11 Å². The molecule has 0 amide bonds. The van der Waals surface area contributed by atoms with Gasteiger partial charge in [-0.3, -0.25) is 4.90 Å². The molecule has 136 valence electrons. The Labute approximate surface area is 151 Å². The average molecular weight is 354 g/mol. The zero-order valence-corrected chi connectivity index (χ0v) is 14.7. The number of nitrogens with zero attached hydrogens (tertiary/aromatic N) is 6. The first kappa shape index (κ1) is 16.9. The van der Waals surface area contributed by atoms with Crippen LogP contribution >= 0.6 is 0 Å². The second-order valence-electron chi connectivity index (χ2n) is 6.95. The zero-order chi connectivity index (χ0) is 18.0. The number of β-amino-alcohol motifs (C(OH)–C–C–N with tert-alkyl or cyclic N) is 1. The predicted molar refractivity (Wildman–Crippen MR) is 93.9 cm³/mol. The highest BCUT2D eigenvalue weighted by Gasteiger charge is 2.35. The van der Waals surface area contributed by atoms with Crippen LogP contribution in [0.1, 0.15) is 24.6 Å².